The molecule has 0 aromatic heterocycles. The van der Waals surface area contributed by atoms with Crippen molar-refractivity contribution in [1.29, 1.82) is 0 Å². The summed E-state index contributed by atoms with van der Waals surface area (Å²) in [5, 5.41) is 3.25. The number of halogens is 2. The molecule has 1 aromatic rings. The SMILES string of the molecule is CS(=O)(=O)N1CCC(N2C(Nc3ccc(F)c(N4CCOCC4)c3)=NC=NC2Cl)CC1. The second-order valence-electron chi connectivity index (χ2n) is 7.72. The van der Waals surface area contributed by atoms with E-state index >= 15 is 0 Å². The van der Waals surface area contributed by atoms with Gasteiger partial charge in [0.25, 0.3) is 0 Å². The number of piperidine rings is 1. The highest BCUT2D eigenvalue weighted by molar-refractivity contribution is 7.88. The van der Waals surface area contributed by atoms with Crippen LogP contribution in [0.3, 0.4) is 0 Å². The van der Waals surface area contributed by atoms with Gasteiger partial charge in [0.05, 0.1) is 25.2 Å². The van der Waals surface area contributed by atoms with Crippen LogP contribution in [0.15, 0.2) is 28.2 Å². The van der Waals surface area contributed by atoms with E-state index in [0.717, 1.165) is 0 Å². The molecule has 170 valence electrons. The maximum Gasteiger partial charge on any atom is 0.211 e. The first-order valence-electron chi connectivity index (χ1n) is 10.2. The van der Waals surface area contributed by atoms with Crippen molar-refractivity contribution in [3.05, 3.63) is 24.0 Å². The number of aliphatic imine (C=N–C) groups is 2. The van der Waals surface area contributed by atoms with Crippen LogP contribution in [-0.4, -0.2) is 87.2 Å². The van der Waals surface area contributed by atoms with E-state index in [2.05, 4.69) is 15.3 Å². The molecule has 3 aliphatic rings. The summed E-state index contributed by atoms with van der Waals surface area (Å²) >= 11 is 6.47. The molecule has 1 N–H and O–H groups in total. The molecule has 1 unspecified atom stereocenters. The lowest BCUT2D eigenvalue weighted by Crippen LogP contribution is -2.53. The number of nitrogens with one attached hydrogen (secondary N) is 1. The summed E-state index contributed by atoms with van der Waals surface area (Å²) in [6.45, 7) is 3.21. The van der Waals surface area contributed by atoms with Gasteiger partial charge in [-0.2, -0.15) is 0 Å². The minimum absolute atomic E-state index is 0.0247. The molecular weight excluding hydrogens is 447 g/mol. The van der Waals surface area contributed by atoms with Crippen LogP contribution < -0.4 is 10.2 Å². The van der Waals surface area contributed by atoms with Gasteiger partial charge in [0, 0.05) is 37.9 Å². The Morgan fingerprint density at radius 2 is 1.90 bits per heavy atom. The Labute approximate surface area is 186 Å². The van der Waals surface area contributed by atoms with Gasteiger partial charge in [-0.3, -0.25) is 0 Å². The molecule has 4 rings (SSSR count). The molecule has 0 spiro atoms. The summed E-state index contributed by atoms with van der Waals surface area (Å²) in [7, 11) is -3.22. The zero-order chi connectivity index (χ0) is 22.0. The number of nitrogens with zero attached hydrogens (tertiary/aromatic N) is 5. The molecule has 3 aliphatic heterocycles. The van der Waals surface area contributed by atoms with Crippen LogP contribution in [0, 0.1) is 5.82 Å². The number of benzene rings is 1. The minimum atomic E-state index is -3.22. The molecule has 1 atom stereocenters. The fourth-order valence-corrected chi connectivity index (χ4v) is 5.22. The Bertz CT molecular complexity index is 961. The molecule has 0 amide bonds. The number of alkyl halides is 1. The van der Waals surface area contributed by atoms with E-state index in [4.69, 9.17) is 16.3 Å². The third kappa shape index (κ3) is 5.11. The van der Waals surface area contributed by atoms with Gasteiger partial charge in [-0.25, -0.2) is 27.1 Å². The molecule has 1 aromatic carbocycles. The van der Waals surface area contributed by atoms with Crippen molar-refractivity contribution in [2.24, 2.45) is 9.98 Å². The summed E-state index contributed by atoms with van der Waals surface area (Å²) in [5.74, 6) is 0.215. The monoisotopic (exact) mass is 472 g/mol. The summed E-state index contributed by atoms with van der Waals surface area (Å²) in [6.07, 6.45) is 3.83. The predicted molar refractivity (Wildman–Crippen MR) is 120 cm³/mol. The minimum Gasteiger partial charge on any atom is -0.378 e. The van der Waals surface area contributed by atoms with E-state index in [1.807, 2.05) is 9.80 Å². The summed E-state index contributed by atoms with van der Waals surface area (Å²) in [5.41, 5.74) is 0.530. The van der Waals surface area contributed by atoms with Crippen molar-refractivity contribution in [3.8, 4) is 0 Å². The van der Waals surface area contributed by atoms with Gasteiger partial charge >= 0.3 is 0 Å². The average molecular weight is 473 g/mol. The van der Waals surface area contributed by atoms with E-state index in [0.29, 0.717) is 69.6 Å². The van der Waals surface area contributed by atoms with Crippen LogP contribution in [0.25, 0.3) is 0 Å². The van der Waals surface area contributed by atoms with Gasteiger partial charge < -0.3 is 19.9 Å². The first-order valence-corrected chi connectivity index (χ1v) is 12.5. The Morgan fingerprint density at radius 3 is 2.58 bits per heavy atom. The van der Waals surface area contributed by atoms with Crippen molar-refractivity contribution in [2.75, 3.05) is 55.9 Å². The number of hydrogen-bond donors (Lipinski definition) is 1. The normalized spacial score (nSPS) is 23.7. The summed E-state index contributed by atoms with van der Waals surface area (Å²) < 4.78 is 44.9. The fourth-order valence-electron chi connectivity index (χ4n) is 4.04. The number of anilines is 2. The number of morpholine rings is 1. The maximum absolute atomic E-state index is 14.4. The smallest absolute Gasteiger partial charge is 0.211 e. The van der Waals surface area contributed by atoms with Crippen molar-refractivity contribution in [3.63, 3.8) is 0 Å². The van der Waals surface area contributed by atoms with Crippen molar-refractivity contribution in [1.82, 2.24) is 9.21 Å². The lowest BCUT2D eigenvalue weighted by atomic mass is 10.1. The van der Waals surface area contributed by atoms with Crippen LogP contribution in [0.1, 0.15) is 12.8 Å². The van der Waals surface area contributed by atoms with E-state index in [1.54, 1.807) is 12.1 Å². The highest BCUT2D eigenvalue weighted by Gasteiger charge is 2.34. The highest BCUT2D eigenvalue weighted by Crippen LogP contribution is 2.28. The zero-order valence-corrected chi connectivity index (χ0v) is 18.8. The third-order valence-electron chi connectivity index (χ3n) is 5.68. The van der Waals surface area contributed by atoms with Crippen LogP contribution in [-0.2, 0) is 14.8 Å². The molecular formula is C19H26ClFN6O3S. The molecule has 0 bridgehead atoms. The van der Waals surface area contributed by atoms with Gasteiger partial charge in [0.1, 0.15) is 12.2 Å². The van der Waals surface area contributed by atoms with Gasteiger partial charge in [-0.15, -0.1) is 0 Å². The van der Waals surface area contributed by atoms with Crippen molar-refractivity contribution in [2.45, 2.75) is 24.5 Å². The maximum atomic E-state index is 14.4. The molecule has 0 saturated carbocycles. The number of hydrogen-bond acceptors (Lipinski definition) is 8. The van der Waals surface area contributed by atoms with Crippen LogP contribution in [0.4, 0.5) is 15.8 Å². The number of guanidine groups is 1. The first-order chi connectivity index (χ1) is 14.8. The molecule has 0 aliphatic carbocycles. The van der Waals surface area contributed by atoms with Crippen LogP contribution in [0.5, 0.6) is 0 Å². The fraction of sp³-hybridized carbons (Fsp3) is 0.579. The molecule has 0 radical (unpaired) electrons. The van der Waals surface area contributed by atoms with Crippen LogP contribution >= 0.6 is 11.6 Å². The van der Waals surface area contributed by atoms with E-state index in [9.17, 15) is 12.8 Å². The molecule has 3 heterocycles. The molecule has 31 heavy (non-hydrogen) atoms. The van der Waals surface area contributed by atoms with E-state index < -0.39 is 15.6 Å². The Hall–Kier alpha value is -1.95. The first kappa shape index (κ1) is 22.3. The Kier molecular flexibility index (Phi) is 6.65. The predicted octanol–water partition coefficient (Wildman–Crippen LogP) is 1.72. The largest absolute Gasteiger partial charge is 0.378 e. The molecule has 12 heteroatoms. The van der Waals surface area contributed by atoms with Gasteiger partial charge in [0.15, 0.2) is 0 Å². The number of sulfonamides is 1. The van der Waals surface area contributed by atoms with E-state index in [1.165, 1.54) is 23.0 Å². The molecule has 9 nitrogen and oxygen atoms in total. The number of ether oxygens (including phenoxy) is 1. The highest BCUT2D eigenvalue weighted by atomic mass is 35.5. The van der Waals surface area contributed by atoms with Crippen molar-refractivity contribution < 1.29 is 17.5 Å². The molecule has 2 saturated heterocycles. The second kappa shape index (κ2) is 9.27. The second-order valence-corrected chi connectivity index (χ2v) is 10.1. The quantitative estimate of drug-likeness (QED) is 0.530. The summed E-state index contributed by atoms with van der Waals surface area (Å²) in [6, 6.07) is 4.81. The third-order valence-corrected chi connectivity index (χ3v) is 7.31. The van der Waals surface area contributed by atoms with Crippen molar-refractivity contribution >= 4 is 45.3 Å². The zero-order valence-electron chi connectivity index (χ0n) is 17.2. The van der Waals surface area contributed by atoms with E-state index in [-0.39, 0.29) is 11.9 Å². The van der Waals surface area contributed by atoms with Crippen LogP contribution in [0.2, 0.25) is 0 Å². The van der Waals surface area contributed by atoms with Gasteiger partial charge in [-0.1, -0.05) is 11.6 Å². The lowest BCUT2D eigenvalue weighted by Gasteiger charge is -2.41. The summed E-state index contributed by atoms with van der Waals surface area (Å²) in [4.78, 5) is 12.4. The van der Waals surface area contributed by atoms with Gasteiger partial charge in [-0.05, 0) is 31.0 Å². The lowest BCUT2D eigenvalue weighted by molar-refractivity contribution is 0.122. The standard InChI is InChI=1S/C19H26ClFN6O3S/c1-31(28,29)26-6-4-15(5-7-26)27-18(20)22-13-23-19(27)24-14-2-3-16(21)17(12-14)25-8-10-30-11-9-25/h2-3,12-13,15,18H,4-11H2,1H3,(H,22,23,24). The molecule has 2 fully saturated rings. The Balaban J connectivity index is 1.50. The Morgan fingerprint density at radius 1 is 1.19 bits per heavy atom. The number of rotatable bonds is 4. The average Bonchev–Trinajstić information content (AvgIpc) is 2.75. The van der Waals surface area contributed by atoms with Gasteiger partial charge in [0.2, 0.25) is 21.6 Å². The topological polar surface area (TPSA) is 89.8 Å².